The summed E-state index contributed by atoms with van der Waals surface area (Å²) in [5, 5.41) is 4.77. The Morgan fingerprint density at radius 3 is 2.58 bits per heavy atom. The van der Waals surface area contributed by atoms with Crippen molar-refractivity contribution in [1.82, 2.24) is 15.0 Å². The zero-order valence-corrected chi connectivity index (χ0v) is 18.4. The molecule has 2 aromatic carbocycles. The predicted octanol–water partition coefficient (Wildman–Crippen LogP) is 4.83. The molecule has 1 amide bonds. The Morgan fingerprint density at radius 2 is 1.84 bits per heavy atom. The van der Waals surface area contributed by atoms with Gasteiger partial charge in [0.25, 0.3) is 5.91 Å². The van der Waals surface area contributed by atoms with E-state index in [-0.39, 0.29) is 11.9 Å². The van der Waals surface area contributed by atoms with Gasteiger partial charge in [0.15, 0.2) is 0 Å². The summed E-state index contributed by atoms with van der Waals surface area (Å²) in [7, 11) is 0. The molecule has 160 valence electrons. The quantitative estimate of drug-likeness (QED) is 0.575. The highest BCUT2D eigenvalue weighted by atomic mass is 35.5. The fourth-order valence-electron chi connectivity index (χ4n) is 4.58. The number of nitrogens with zero attached hydrogens (tertiary/aromatic N) is 3. The van der Waals surface area contributed by atoms with Crippen molar-refractivity contribution in [3.8, 4) is 11.3 Å². The molecule has 1 aliphatic heterocycles. The zero-order chi connectivity index (χ0) is 21.4. The van der Waals surface area contributed by atoms with Crippen LogP contribution in [0.5, 0.6) is 0 Å². The van der Waals surface area contributed by atoms with Gasteiger partial charge in [0.2, 0.25) is 0 Å². The van der Waals surface area contributed by atoms with E-state index in [1.807, 2.05) is 35.2 Å². The first-order valence-corrected chi connectivity index (χ1v) is 11.3. The lowest BCUT2D eigenvalue weighted by Crippen LogP contribution is -2.56. The first-order chi connectivity index (χ1) is 15.1. The van der Waals surface area contributed by atoms with E-state index in [4.69, 9.17) is 16.1 Å². The minimum Gasteiger partial charge on any atom is -0.360 e. The number of rotatable bonds is 5. The van der Waals surface area contributed by atoms with Gasteiger partial charge in [-0.1, -0.05) is 65.3 Å². The molecule has 0 N–H and O–H groups in total. The molecular weight excluding hydrogens is 410 g/mol. The zero-order valence-electron chi connectivity index (χ0n) is 17.6. The Bertz CT molecular complexity index is 1080. The van der Waals surface area contributed by atoms with E-state index in [1.165, 1.54) is 18.4 Å². The van der Waals surface area contributed by atoms with Crippen molar-refractivity contribution in [2.75, 3.05) is 19.6 Å². The number of hydrogen-bond donors (Lipinski definition) is 0. The summed E-state index contributed by atoms with van der Waals surface area (Å²) in [4.78, 5) is 18.4. The van der Waals surface area contributed by atoms with Crippen molar-refractivity contribution >= 4 is 17.5 Å². The second-order valence-electron chi connectivity index (χ2n) is 8.51. The van der Waals surface area contributed by atoms with Crippen LogP contribution in [0.15, 0.2) is 59.1 Å². The summed E-state index contributed by atoms with van der Waals surface area (Å²) in [6.45, 7) is 4.32. The van der Waals surface area contributed by atoms with E-state index in [0.717, 1.165) is 25.1 Å². The van der Waals surface area contributed by atoms with Crippen LogP contribution in [0.2, 0.25) is 5.02 Å². The number of carbonyl (C=O) groups is 1. The Hall–Kier alpha value is -2.63. The van der Waals surface area contributed by atoms with Crippen LogP contribution in [0, 0.1) is 6.92 Å². The lowest BCUT2D eigenvalue weighted by atomic mass is 9.99. The molecule has 2 fully saturated rings. The van der Waals surface area contributed by atoms with Gasteiger partial charge in [0.05, 0.1) is 5.02 Å². The van der Waals surface area contributed by atoms with Gasteiger partial charge in [-0.3, -0.25) is 9.69 Å². The minimum absolute atomic E-state index is 0.0231. The average Bonchev–Trinajstić information content (AvgIpc) is 3.57. The molecule has 2 aliphatic rings. The van der Waals surface area contributed by atoms with Crippen LogP contribution in [0.3, 0.4) is 0 Å². The van der Waals surface area contributed by atoms with Crippen molar-refractivity contribution in [2.45, 2.75) is 38.3 Å². The van der Waals surface area contributed by atoms with Gasteiger partial charge in [0, 0.05) is 37.3 Å². The molecule has 5 rings (SSSR count). The fraction of sp³-hybridized carbons (Fsp3) is 0.360. The van der Waals surface area contributed by atoms with Crippen LogP contribution in [0.4, 0.5) is 0 Å². The molecule has 1 aromatic heterocycles. The number of piperazine rings is 1. The maximum atomic E-state index is 13.8. The van der Waals surface area contributed by atoms with Crippen LogP contribution < -0.4 is 0 Å². The van der Waals surface area contributed by atoms with Gasteiger partial charge in [-0.2, -0.15) is 0 Å². The van der Waals surface area contributed by atoms with Crippen molar-refractivity contribution in [1.29, 1.82) is 0 Å². The van der Waals surface area contributed by atoms with Gasteiger partial charge >= 0.3 is 0 Å². The lowest BCUT2D eigenvalue weighted by Gasteiger charge is -2.42. The Kier molecular flexibility index (Phi) is 5.55. The maximum Gasteiger partial charge on any atom is 0.260 e. The van der Waals surface area contributed by atoms with Crippen molar-refractivity contribution in [3.63, 3.8) is 0 Å². The third-order valence-corrected chi connectivity index (χ3v) is 6.69. The molecule has 6 heteroatoms. The number of amides is 1. The molecule has 1 saturated heterocycles. The number of aromatic nitrogens is 1. The second kappa shape index (κ2) is 8.48. The Morgan fingerprint density at radius 1 is 1.10 bits per heavy atom. The van der Waals surface area contributed by atoms with Crippen LogP contribution in [-0.4, -0.2) is 52.6 Å². The maximum absolute atomic E-state index is 13.8. The van der Waals surface area contributed by atoms with Gasteiger partial charge in [-0.15, -0.1) is 0 Å². The smallest absolute Gasteiger partial charge is 0.260 e. The molecule has 1 aliphatic carbocycles. The number of benzene rings is 2. The van der Waals surface area contributed by atoms with E-state index in [0.29, 0.717) is 34.6 Å². The van der Waals surface area contributed by atoms with E-state index in [1.54, 1.807) is 6.92 Å². The average molecular weight is 436 g/mol. The Labute approximate surface area is 187 Å². The van der Waals surface area contributed by atoms with Crippen LogP contribution >= 0.6 is 11.6 Å². The second-order valence-corrected chi connectivity index (χ2v) is 8.92. The highest BCUT2D eigenvalue weighted by Gasteiger charge is 2.39. The number of aryl methyl sites for hydroxylation is 1. The summed E-state index contributed by atoms with van der Waals surface area (Å²) in [5.41, 5.74) is 3.01. The predicted molar refractivity (Wildman–Crippen MR) is 121 cm³/mol. The largest absolute Gasteiger partial charge is 0.360 e. The van der Waals surface area contributed by atoms with Gasteiger partial charge in [-0.05, 0) is 37.8 Å². The summed E-state index contributed by atoms with van der Waals surface area (Å²) in [5.74, 6) is 0.507. The normalized spacial score (nSPS) is 19.5. The lowest BCUT2D eigenvalue weighted by molar-refractivity contribution is 0.0436. The number of hydrogen-bond acceptors (Lipinski definition) is 4. The molecule has 5 nitrogen and oxygen atoms in total. The highest BCUT2D eigenvalue weighted by Crippen LogP contribution is 2.34. The molecule has 3 aromatic rings. The van der Waals surface area contributed by atoms with Gasteiger partial charge < -0.3 is 9.42 Å². The molecule has 0 bridgehead atoms. The number of halogens is 1. The number of carbonyl (C=O) groups excluding carboxylic acids is 1. The minimum atomic E-state index is -0.0231. The van der Waals surface area contributed by atoms with Crippen LogP contribution in [-0.2, 0) is 6.42 Å². The molecule has 31 heavy (non-hydrogen) atoms. The third-order valence-electron chi connectivity index (χ3n) is 6.36. The van der Waals surface area contributed by atoms with E-state index >= 15 is 0 Å². The first kappa shape index (κ1) is 20.3. The molecular formula is C25H26ClN3O2. The standard InChI is InChI=1S/C25H26ClN3O2/c1-17-23(24(27-31-17)21-9-5-6-10-22(21)26)25(30)29-14-13-28(19-11-12-19)16-20(29)15-18-7-3-2-4-8-18/h2-10,19-20H,11-16H2,1H3. The summed E-state index contributed by atoms with van der Waals surface area (Å²) in [6, 6.07) is 18.7. The van der Waals surface area contributed by atoms with Gasteiger partial charge in [-0.25, -0.2) is 0 Å². The monoisotopic (exact) mass is 435 g/mol. The molecule has 0 radical (unpaired) electrons. The molecule has 2 heterocycles. The van der Waals surface area contributed by atoms with E-state index < -0.39 is 0 Å². The SMILES string of the molecule is Cc1onc(-c2ccccc2Cl)c1C(=O)N1CCN(C2CC2)CC1Cc1ccccc1. The Balaban J connectivity index is 1.47. The summed E-state index contributed by atoms with van der Waals surface area (Å²) in [6.07, 6.45) is 3.38. The molecule has 1 unspecified atom stereocenters. The van der Waals surface area contributed by atoms with Crippen LogP contribution in [0.25, 0.3) is 11.3 Å². The first-order valence-electron chi connectivity index (χ1n) is 10.9. The van der Waals surface area contributed by atoms with E-state index in [2.05, 4.69) is 34.3 Å². The van der Waals surface area contributed by atoms with Gasteiger partial charge in [0.1, 0.15) is 17.0 Å². The third kappa shape index (κ3) is 4.12. The topological polar surface area (TPSA) is 49.6 Å². The summed E-state index contributed by atoms with van der Waals surface area (Å²) >= 11 is 6.41. The molecule has 0 spiro atoms. The fourth-order valence-corrected chi connectivity index (χ4v) is 4.81. The molecule has 1 atom stereocenters. The van der Waals surface area contributed by atoms with Crippen molar-refractivity contribution < 1.29 is 9.32 Å². The highest BCUT2D eigenvalue weighted by molar-refractivity contribution is 6.33. The van der Waals surface area contributed by atoms with Crippen LogP contribution in [0.1, 0.15) is 34.5 Å². The van der Waals surface area contributed by atoms with Crippen molar-refractivity contribution in [2.24, 2.45) is 0 Å². The van der Waals surface area contributed by atoms with E-state index in [9.17, 15) is 4.79 Å². The van der Waals surface area contributed by atoms with Crippen molar-refractivity contribution in [3.05, 3.63) is 76.5 Å². The molecule has 1 saturated carbocycles. The summed E-state index contributed by atoms with van der Waals surface area (Å²) < 4.78 is 5.47.